The summed E-state index contributed by atoms with van der Waals surface area (Å²) in [7, 11) is 0. The molecule has 0 aliphatic heterocycles. The third-order valence-electron chi connectivity index (χ3n) is 2.03. The third kappa shape index (κ3) is 2.71. The largest absolute Gasteiger partial charge is 0.358 e. The monoisotopic (exact) mass is 285 g/mol. The topological polar surface area (TPSA) is 93.8 Å². The van der Waals surface area contributed by atoms with Gasteiger partial charge < -0.3 is 5.32 Å². The molecule has 0 saturated heterocycles. The molecule has 0 aliphatic carbocycles. The zero-order valence-electron chi connectivity index (χ0n) is 9.25. The van der Waals surface area contributed by atoms with Gasteiger partial charge in [-0.15, -0.1) is 11.3 Å². The first-order valence-electron chi connectivity index (χ1n) is 4.87. The fraction of sp³-hybridized carbons (Fsp3) is 0.222. The molecule has 0 atom stereocenters. The molecule has 0 radical (unpaired) electrons. The molecule has 2 heterocycles. The molecule has 2 rings (SSSR count). The second kappa shape index (κ2) is 5.23. The molecule has 0 unspecified atom stereocenters. The summed E-state index contributed by atoms with van der Waals surface area (Å²) in [6.07, 6.45) is 1.17. The summed E-state index contributed by atoms with van der Waals surface area (Å²) < 4.78 is 0. The van der Waals surface area contributed by atoms with Crippen molar-refractivity contribution in [2.45, 2.75) is 13.5 Å². The van der Waals surface area contributed by atoms with Crippen molar-refractivity contribution in [3.63, 3.8) is 0 Å². The van der Waals surface area contributed by atoms with Gasteiger partial charge in [0.2, 0.25) is 11.0 Å². The molecule has 0 saturated carbocycles. The number of aryl methyl sites for hydroxylation is 1. The lowest BCUT2D eigenvalue weighted by Gasteiger charge is -2.04. The minimum absolute atomic E-state index is 0.0906. The molecule has 0 fully saturated rings. The van der Waals surface area contributed by atoms with Crippen LogP contribution in [0.2, 0.25) is 5.15 Å². The van der Waals surface area contributed by atoms with Gasteiger partial charge in [-0.25, -0.2) is 15.0 Å². The maximum absolute atomic E-state index is 10.8. The Bertz CT molecular complexity index is 588. The Hall–Kier alpha value is -1.80. The summed E-state index contributed by atoms with van der Waals surface area (Å²) in [6.45, 7) is 2.23. The van der Waals surface area contributed by atoms with Crippen molar-refractivity contribution in [1.29, 1.82) is 0 Å². The maximum Gasteiger partial charge on any atom is 0.348 e. The molecule has 1 N–H and O–H groups in total. The summed E-state index contributed by atoms with van der Waals surface area (Å²) in [4.78, 5) is 21.9. The minimum Gasteiger partial charge on any atom is -0.358 e. The molecule has 94 valence electrons. The highest BCUT2D eigenvalue weighted by molar-refractivity contribution is 7.09. The number of halogens is 1. The Morgan fingerprint density at radius 1 is 1.56 bits per heavy atom. The van der Waals surface area contributed by atoms with Gasteiger partial charge in [-0.05, 0) is 6.92 Å². The van der Waals surface area contributed by atoms with E-state index in [2.05, 4.69) is 20.3 Å². The van der Waals surface area contributed by atoms with Crippen LogP contribution in [0.4, 0.5) is 11.5 Å². The lowest BCUT2D eigenvalue weighted by molar-refractivity contribution is -0.384. The fourth-order valence-corrected chi connectivity index (χ4v) is 2.21. The first-order valence-corrected chi connectivity index (χ1v) is 6.13. The van der Waals surface area contributed by atoms with E-state index in [0.29, 0.717) is 6.54 Å². The van der Waals surface area contributed by atoms with Crippen LogP contribution in [0.15, 0.2) is 11.7 Å². The van der Waals surface area contributed by atoms with Crippen LogP contribution in [-0.2, 0) is 6.54 Å². The Balaban J connectivity index is 2.19. The molecule has 7 nitrogen and oxygen atoms in total. The van der Waals surface area contributed by atoms with E-state index in [-0.39, 0.29) is 16.7 Å². The van der Waals surface area contributed by atoms with E-state index in [1.807, 2.05) is 12.3 Å². The average Bonchev–Trinajstić information content (AvgIpc) is 2.72. The van der Waals surface area contributed by atoms with Crippen LogP contribution in [0.3, 0.4) is 0 Å². The molecular formula is C9H8ClN5O2S. The fourth-order valence-electron chi connectivity index (χ4n) is 1.29. The standard InChI is InChI=1S/C9H8ClN5O2S/c1-5-3-18-6(14-5)2-11-9-7(15(16)17)8(10)12-4-13-9/h3-4H,2H2,1H3,(H,11,12,13). The van der Waals surface area contributed by atoms with Crippen molar-refractivity contribution in [2.24, 2.45) is 0 Å². The van der Waals surface area contributed by atoms with Gasteiger partial charge in [0.15, 0.2) is 0 Å². The van der Waals surface area contributed by atoms with Gasteiger partial charge in [0.05, 0.1) is 11.5 Å². The van der Waals surface area contributed by atoms with Crippen molar-refractivity contribution in [3.05, 3.63) is 37.7 Å². The molecule has 18 heavy (non-hydrogen) atoms. The van der Waals surface area contributed by atoms with Gasteiger partial charge in [0.1, 0.15) is 11.3 Å². The molecular weight excluding hydrogens is 278 g/mol. The predicted octanol–water partition coefficient (Wildman–Crippen LogP) is 2.42. The zero-order chi connectivity index (χ0) is 13.1. The highest BCUT2D eigenvalue weighted by Gasteiger charge is 2.21. The Labute approximate surface area is 111 Å². The van der Waals surface area contributed by atoms with Gasteiger partial charge in [-0.1, -0.05) is 11.6 Å². The first kappa shape index (κ1) is 12.7. The van der Waals surface area contributed by atoms with Crippen molar-refractivity contribution < 1.29 is 4.92 Å². The number of anilines is 1. The quantitative estimate of drug-likeness (QED) is 0.527. The molecule has 0 amide bonds. The van der Waals surface area contributed by atoms with E-state index in [4.69, 9.17) is 11.6 Å². The van der Waals surface area contributed by atoms with E-state index in [9.17, 15) is 10.1 Å². The molecule has 0 spiro atoms. The van der Waals surface area contributed by atoms with Crippen LogP contribution in [0, 0.1) is 17.0 Å². The second-order valence-corrected chi connectivity index (χ2v) is 4.66. The van der Waals surface area contributed by atoms with E-state index in [0.717, 1.165) is 10.7 Å². The number of nitro groups is 1. The number of nitrogens with one attached hydrogen (secondary N) is 1. The Morgan fingerprint density at radius 3 is 2.94 bits per heavy atom. The Morgan fingerprint density at radius 2 is 2.33 bits per heavy atom. The first-order chi connectivity index (χ1) is 8.58. The molecule has 0 bridgehead atoms. The van der Waals surface area contributed by atoms with Crippen LogP contribution >= 0.6 is 22.9 Å². The molecule has 9 heteroatoms. The van der Waals surface area contributed by atoms with Crippen LogP contribution in [-0.4, -0.2) is 19.9 Å². The van der Waals surface area contributed by atoms with Gasteiger partial charge in [-0.3, -0.25) is 10.1 Å². The van der Waals surface area contributed by atoms with E-state index < -0.39 is 4.92 Å². The lowest BCUT2D eigenvalue weighted by atomic mass is 10.4. The summed E-state index contributed by atoms with van der Waals surface area (Å²) in [5, 5.41) is 16.2. The van der Waals surface area contributed by atoms with Crippen molar-refractivity contribution in [1.82, 2.24) is 15.0 Å². The lowest BCUT2D eigenvalue weighted by Crippen LogP contribution is -2.05. The van der Waals surface area contributed by atoms with Gasteiger partial charge in [0.25, 0.3) is 0 Å². The van der Waals surface area contributed by atoms with Gasteiger partial charge >= 0.3 is 5.69 Å². The summed E-state index contributed by atoms with van der Waals surface area (Å²) in [6, 6.07) is 0. The summed E-state index contributed by atoms with van der Waals surface area (Å²) >= 11 is 7.13. The van der Waals surface area contributed by atoms with Crippen LogP contribution < -0.4 is 5.32 Å². The Kier molecular flexibility index (Phi) is 3.68. The van der Waals surface area contributed by atoms with Gasteiger partial charge in [-0.2, -0.15) is 0 Å². The number of hydrogen-bond donors (Lipinski definition) is 1. The number of nitrogens with zero attached hydrogens (tertiary/aromatic N) is 4. The predicted molar refractivity (Wildman–Crippen MR) is 67.9 cm³/mol. The number of rotatable bonds is 4. The highest BCUT2D eigenvalue weighted by Crippen LogP contribution is 2.28. The third-order valence-corrected chi connectivity index (χ3v) is 3.28. The smallest absolute Gasteiger partial charge is 0.348 e. The molecule has 2 aromatic heterocycles. The number of thiazole rings is 1. The number of aromatic nitrogens is 3. The number of hydrogen-bond acceptors (Lipinski definition) is 7. The summed E-state index contributed by atoms with van der Waals surface area (Å²) in [5.74, 6) is 0.0906. The van der Waals surface area contributed by atoms with Crippen LogP contribution in [0.5, 0.6) is 0 Å². The molecule has 0 aliphatic rings. The maximum atomic E-state index is 10.8. The van der Waals surface area contributed by atoms with Crippen LogP contribution in [0.25, 0.3) is 0 Å². The molecule has 0 aromatic carbocycles. The van der Waals surface area contributed by atoms with Crippen molar-refractivity contribution in [2.75, 3.05) is 5.32 Å². The highest BCUT2D eigenvalue weighted by atomic mass is 35.5. The van der Waals surface area contributed by atoms with E-state index in [1.165, 1.54) is 17.7 Å². The van der Waals surface area contributed by atoms with Gasteiger partial charge in [0, 0.05) is 11.1 Å². The zero-order valence-corrected chi connectivity index (χ0v) is 10.8. The van der Waals surface area contributed by atoms with E-state index >= 15 is 0 Å². The SMILES string of the molecule is Cc1csc(CNc2ncnc(Cl)c2[N+](=O)[O-])n1. The average molecular weight is 286 g/mol. The van der Waals surface area contributed by atoms with Crippen LogP contribution in [0.1, 0.15) is 10.7 Å². The summed E-state index contributed by atoms with van der Waals surface area (Å²) in [5.41, 5.74) is 0.583. The van der Waals surface area contributed by atoms with Crippen molar-refractivity contribution >= 4 is 34.4 Å². The van der Waals surface area contributed by atoms with Crippen molar-refractivity contribution in [3.8, 4) is 0 Å². The normalized spacial score (nSPS) is 10.3. The minimum atomic E-state index is -0.613. The van der Waals surface area contributed by atoms with E-state index in [1.54, 1.807) is 0 Å². The second-order valence-electron chi connectivity index (χ2n) is 3.35. The molecule has 2 aromatic rings.